The monoisotopic (exact) mass is 316 g/mol. The first-order chi connectivity index (χ1) is 10.6. The van der Waals surface area contributed by atoms with Crippen LogP contribution in [-0.4, -0.2) is 18.4 Å². The molecule has 4 nitrogen and oxygen atoms in total. The average molecular weight is 316 g/mol. The van der Waals surface area contributed by atoms with Gasteiger partial charge in [0.15, 0.2) is 0 Å². The summed E-state index contributed by atoms with van der Waals surface area (Å²) >= 11 is 1.41. The number of hydrogen-bond acceptors (Lipinski definition) is 3. The molecule has 0 aliphatic heterocycles. The first-order valence-electron chi connectivity index (χ1n) is 7.25. The molecule has 116 valence electrons. The van der Waals surface area contributed by atoms with Crippen molar-refractivity contribution in [1.29, 1.82) is 0 Å². The van der Waals surface area contributed by atoms with Crippen molar-refractivity contribution >= 4 is 28.8 Å². The Hall–Kier alpha value is -2.14. The highest BCUT2D eigenvalue weighted by Crippen LogP contribution is 2.16. The predicted octanol–water partition coefficient (Wildman–Crippen LogP) is 3.51. The van der Waals surface area contributed by atoms with Gasteiger partial charge in [-0.05, 0) is 43.3 Å². The van der Waals surface area contributed by atoms with Gasteiger partial charge in [0.25, 0.3) is 5.91 Å². The van der Waals surface area contributed by atoms with Gasteiger partial charge in [0.05, 0.1) is 4.88 Å². The first-order valence-corrected chi connectivity index (χ1v) is 8.13. The summed E-state index contributed by atoms with van der Waals surface area (Å²) in [5.41, 5.74) is 3.07. The lowest BCUT2D eigenvalue weighted by atomic mass is 10.1. The summed E-state index contributed by atoms with van der Waals surface area (Å²) in [6, 6.07) is 9.56. The van der Waals surface area contributed by atoms with Crippen LogP contribution in [0.2, 0.25) is 0 Å². The van der Waals surface area contributed by atoms with E-state index in [4.69, 9.17) is 0 Å². The van der Waals surface area contributed by atoms with Crippen LogP contribution in [0.5, 0.6) is 0 Å². The van der Waals surface area contributed by atoms with Crippen LogP contribution in [-0.2, 0) is 4.79 Å². The van der Waals surface area contributed by atoms with Gasteiger partial charge in [-0.1, -0.05) is 23.8 Å². The van der Waals surface area contributed by atoms with Gasteiger partial charge >= 0.3 is 0 Å². The van der Waals surface area contributed by atoms with Gasteiger partial charge in [-0.25, -0.2) is 0 Å². The number of anilines is 1. The Morgan fingerprint density at radius 2 is 2.00 bits per heavy atom. The third kappa shape index (κ3) is 4.70. The normalized spacial score (nSPS) is 10.3. The molecule has 2 aromatic rings. The summed E-state index contributed by atoms with van der Waals surface area (Å²) in [6.07, 6.45) is 1.01. The van der Waals surface area contributed by atoms with Crippen molar-refractivity contribution in [3.63, 3.8) is 0 Å². The second kappa shape index (κ2) is 7.75. The van der Waals surface area contributed by atoms with Crippen molar-refractivity contribution in [3.05, 3.63) is 51.7 Å². The Morgan fingerprint density at radius 1 is 1.18 bits per heavy atom. The van der Waals surface area contributed by atoms with Crippen molar-refractivity contribution in [2.45, 2.75) is 26.7 Å². The third-order valence-electron chi connectivity index (χ3n) is 3.27. The minimum Gasteiger partial charge on any atom is -0.351 e. The number of thiophene rings is 1. The lowest BCUT2D eigenvalue weighted by Crippen LogP contribution is -2.24. The molecular weight excluding hydrogens is 296 g/mol. The molecule has 0 saturated heterocycles. The van der Waals surface area contributed by atoms with Gasteiger partial charge in [-0.15, -0.1) is 11.3 Å². The molecule has 2 rings (SSSR count). The maximum Gasteiger partial charge on any atom is 0.261 e. The van der Waals surface area contributed by atoms with Crippen molar-refractivity contribution in [2.24, 2.45) is 0 Å². The number of benzene rings is 1. The summed E-state index contributed by atoms with van der Waals surface area (Å²) in [5.74, 6) is -0.109. The molecule has 0 unspecified atom stereocenters. The molecule has 0 fully saturated rings. The van der Waals surface area contributed by atoms with Gasteiger partial charge in [-0.3, -0.25) is 9.59 Å². The molecule has 0 aliphatic rings. The first kappa shape index (κ1) is 16.2. The lowest BCUT2D eigenvalue weighted by Gasteiger charge is -2.09. The Kier molecular flexibility index (Phi) is 5.72. The Morgan fingerprint density at radius 3 is 2.68 bits per heavy atom. The molecule has 0 spiro atoms. The van der Waals surface area contributed by atoms with Crippen LogP contribution in [0, 0.1) is 13.8 Å². The molecule has 0 aliphatic carbocycles. The molecule has 0 saturated carbocycles. The topological polar surface area (TPSA) is 58.2 Å². The van der Waals surface area contributed by atoms with E-state index in [1.54, 1.807) is 6.07 Å². The predicted molar refractivity (Wildman–Crippen MR) is 90.4 cm³/mol. The molecule has 0 bridgehead atoms. The quantitative estimate of drug-likeness (QED) is 0.801. The van der Waals surface area contributed by atoms with Crippen molar-refractivity contribution in [2.75, 3.05) is 11.9 Å². The van der Waals surface area contributed by atoms with E-state index in [9.17, 15) is 9.59 Å². The van der Waals surface area contributed by atoms with E-state index in [-0.39, 0.29) is 11.8 Å². The molecule has 1 aromatic heterocycles. The van der Waals surface area contributed by atoms with E-state index in [0.29, 0.717) is 24.3 Å². The Balaban J connectivity index is 1.71. The molecule has 2 N–H and O–H groups in total. The highest BCUT2D eigenvalue weighted by molar-refractivity contribution is 7.12. The van der Waals surface area contributed by atoms with E-state index in [1.807, 2.05) is 43.5 Å². The molecule has 5 heteroatoms. The Labute approximate surface area is 134 Å². The summed E-state index contributed by atoms with van der Waals surface area (Å²) < 4.78 is 0. The van der Waals surface area contributed by atoms with Crippen LogP contribution in [0.4, 0.5) is 5.69 Å². The highest BCUT2D eigenvalue weighted by Gasteiger charge is 2.07. The van der Waals surface area contributed by atoms with Crippen LogP contribution in [0.25, 0.3) is 0 Å². The highest BCUT2D eigenvalue weighted by atomic mass is 32.1. The second-order valence-electron chi connectivity index (χ2n) is 5.20. The molecule has 22 heavy (non-hydrogen) atoms. The summed E-state index contributed by atoms with van der Waals surface area (Å²) in [7, 11) is 0. The van der Waals surface area contributed by atoms with Gasteiger partial charge in [0, 0.05) is 18.7 Å². The van der Waals surface area contributed by atoms with Crippen LogP contribution in [0.1, 0.15) is 33.6 Å². The average Bonchev–Trinajstić information content (AvgIpc) is 3.01. The smallest absolute Gasteiger partial charge is 0.261 e. The standard InChI is InChI=1S/C17H20N2O2S/c1-12-7-8-14(13(2)11-12)19-16(20)6-3-9-18-17(21)15-5-4-10-22-15/h4-5,7-8,10-11H,3,6,9H2,1-2H3,(H,18,21)(H,19,20). The molecular formula is C17H20N2O2S. The number of aryl methyl sites for hydroxylation is 2. The van der Waals surface area contributed by atoms with Gasteiger partial charge in [0.2, 0.25) is 5.91 Å². The SMILES string of the molecule is Cc1ccc(NC(=O)CCCNC(=O)c2cccs2)c(C)c1. The van der Waals surface area contributed by atoms with Crippen LogP contribution in [0.15, 0.2) is 35.7 Å². The van der Waals surface area contributed by atoms with Crippen molar-refractivity contribution in [3.8, 4) is 0 Å². The van der Waals surface area contributed by atoms with E-state index in [0.717, 1.165) is 11.3 Å². The molecule has 0 atom stereocenters. The van der Waals surface area contributed by atoms with Crippen LogP contribution in [0.3, 0.4) is 0 Å². The second-order valence-corrected chi connectivity index (χ2v) is 6.15. The number of amides is 2. The number of carbonyl (C=O) groups is 2. The van der Waals surface area contributed by atoms with E-state index < -0.39 is 0 Å². The zero-order valence-electron chi connectivity index (χ0n) is 12.8. The minimum absolute atomic E-state index is 0.0303. The molecule has 1 heterocycles. The molecule has 2 amide bonds. The number of rotatable bonds is 6. The molecule has 0 radical (unpaired) electrons. The van der Waals surface area contributed by atoms with Gasteiger partial charge < -0.3 is 10.6 Å². The van der Waals surface area contributed by atoms with Crippen molar-refractivity contribution in [1.82, 2.24) is 5.32 Å². The number of nitrogens with one attached hydrogen (secondary N) is 2. The van der Waals surface area contributed by atoms with E-state index in [2.05, 4.69) is 10.6 Å². The Bertz CT molecular complexity index is 651. The van der Waals surface area contributed by atoms with Gasteiger partial charge in [0.1, 0.15) is 0 Å². The third-order valence-corrected chi connectivity index (χ3v) is 4.14. The van der Waals surface area contributed by atoms with Gasteiger partial charge in [-0.2, -0.15) is 0 Å². The zero-order chi connectivity index (χ0) is 15.9. The number of carbonyl (C=O) groups excluding carboxylic acids is 2. The summed E-state index contributed by atoms with van der Waals surface area (Å²) in [6.45, 7) is 4.50. The van der Waals surface area contributed by atoms with Crippen LogP contribution >= 0.6 is 11.3 Å². The number of hydrogen-bond donors (Lipinski definition) is 2. The van der Waals surface area contributed by atoms with Crippen molar-refractivity contribution < 1.29 is 9.59 Å². The van der Waals surface area contributed by atoms with E-state index >= 15 is 0 Å². The fourth-order valence-electron chi connectivity index (χ4n) is 2.11. The minimum atomic E-state index is -0.0789. The maximum absolute atomic E-state index is 11.9. The fourth-order valence-corrected chi connectivity index (χ4v) is 2.75. The molecule has 1 aromatic carbocycles. The fraction of sp³-hybridized carbons (Fsp3) is 0.294. The summed E-state index contributed by atoms with van der Waals surface area (Å²) in [5, 5.41) is 7.59. The van der Waals surface area contributed by atoms with Crippen LogP contribution < -0.4 is 10.6 Å². The van der Waals surface area contributed by atoms with E-state index in [1.165, 1.54) is 16.9 Å². The lowest BCUT2D eigenvalue weighted by molar-refractivity contribution is -0.116. The largest absolute Gasteiger partial charge is 0.351 e. The maximum atomic E-state index is 11.9. The zero-order valence-corrected chi connectivity index (χ0v) is 13.6. The summed E-state index contributed by atoms with van der Waals surface area (Å²) in [4.78, 5) is 24.3.